The van der Waals surface area contributed by atoms with E-state index in [1.165, 1.54) is 12.1 Å². The minimum Gasteiger partial charge on any atom is -0.363 e. The predicted molar refractivity (Wildman–Crippen MR) is 81.8 cm³/mol. The molecule has 0 bridgehead atoms. The van der Waals surface area contributed by atoms with Gasteiger partial charge in [-0.05, 0) is 56.5 Å². The van der Waals surface area contributed by atoms with E-state index in [-0.39, 0.29) is 23.9 Å². The number of carbonyl (C=O) groups is 1. The Bertz CT molecular complexity index is 545. The quantitative estimate of drug-likeness (QED) is 0.928. The molecule has 0 spiro atoms. The number of morpholine rings is 1. The molecule has 4 nitrogen and oxygen atoms in total. The number of hydrogen-bond donors (Lipinski definition) is 1. The number of carbonyl (C=O) groups excluding carboxylic acids is 1. The minimum atomic E-state index is -0.302. The third kappa shape index (κ3) is 3.31. The number of nitrogens with zero attached hydrogens (tertiary/aromatic N) is 1. The highest BCUT2D eigenvalue weighted by atomic mass is 19.1. The van der Waals surface area contributed by atoms with Crippen molar-refractivity contribution in [1.29, 1.82) is 0 Å². The van der Waals surface area contributed by atoms with Crippen LogP contribution in [0.3, 0.4) is 0 Å². The van der Waals surface area contributed by atoms with Crippen molar-refractivity contribution in [3.05, 3.63) is 35.6 Å². The van der Waals surface area contributed by atoms with Crippen LogP contribution in [0, 0.1) is 11.7 Å². The molecule has 2 fully saturated rings. The van der Waals surface area contributed by atoms with Crippen LogP contribution < -0.4 is 5.32 Å². The normalized spacial score (nSPS) is 27.2. The van der Waals surface area contributed by atoms with E-state index in [0.717, 1.165) is 31.5 Å². The Hall–Kier alpha value is -1.46. The SMILES string of the molecule is CC1(C2CCNCC2)CN(Cc2cccc(F)c2)C(=O)CO1. The minimum absolute atomic E-state index is 0.0179. The molecule has 3 rings (SSSR count). The third-order valence-electron chi connectivity index (χ3n) is 4.85. The molecule has 1 N–H and O–H groups in total. The molecule has 2 aliphatic rings. The Morgan fingerprint density at radius 2 is 2.18 bits per heavy atom. The maximum Gasteiger partial charge on any atom is 0.248 e. The van der Waals surface area contributed by atoms with Crippen molar-refractivity contribution < 1.29 is 13.9 Å². The molecule has 5 heteroatoms. The van der Waals surface area contributed by atoms with Crippen molar-refractivity contribution in [2.24, 2.45) is 5.92 Å². The van der Waals surface area contributed by atoms with Crippen LogP contribution in [0.5, 0.6) is 0 Å². The second-order valence-corrected chi connectivity index (χ2v) is 6.51. The monoisotopic (exact) mass is 306 g/mol. The van der Waals surface area contributed by atoms with Crippen molar-refractivity contribution in [1.82, 2.24) is 10.2 Å². The van der Waals surface area contributed by atoms with Gasteiger partial charge in [0.1, 0.15) is 12.4 Å². The Kier molecular flexibility index (Phi) is 4.45. The number of halogens is 1. The number of piperidine rings is 1. The average molecular weight is 306 g/mol. The Balaban J connectivity index is 1.71. The largest absolute Gasteiger partial charge is 0.363 e. The van der Waals surface area contributed by atoms with E-state index in [1.807, 2.05) is 6.07 Å². The molecule has 0 radical (unpaired) electrons. The summed E-state index contributed by atoms with van der Waals surface area (Å²) in [6.07, 6.45) is 2.14. The molecule has 2 aliphatic heterocycles. The first-order chi connectivity index (χ1) is 10.6. The van der Waals surface area contributed by atoms with Gasteiger partial charge < -0.3 is 15.0 Å². The van der Waals surface area contributed by atoms with Gasteiger partial charge in [0.2, 0.25) is 5.91 Å². The van der Waals surface area contributed by atoms with Crippen molar-refractivity contribution in [2.45, 2.75) is 31.9 Å². The lowest BCUT2D eigenvalue weighted by Gasteiger charge is -2.46. The molecule has 0 aliphatic carbocycles. The number of rotatable bonds is 3. The van der Waals surface area contributed by atoms with Gasteiger partial charge in [0.15, 0.2) is 0 Å². The van der Waals surface area contributed by atoms with E-state index >= 15 is 0 Å². The van der Waals surface area contributed by atoms with Gasteiger partial charge in [-0.3, -0.25) is 4.79 Å². The van der Waals surface area contributed by atoms with Crippen molar-refractivity contribution in [2.75, 3.05) is 26.2 Å². The molecule has 2 heterocycles. The van der Waals surface area contributed by atoms with E-state index in [4.69, 9.17) is 4.74 Å². The molecule has 1 atom stereocenters. The first-order valence-electron chi connectivity index (χ1n) is 7.94. The summed E-state index contributed by atoms with van der Waals surface area (Å²) in [5.74, 6) is 0.173. The van der Waals surface area contributed by atoms with E-state index in [2.05, 4.69) is 12.2 Å². The summed E-state index contributed by atoms with van der Waals surface area (Å²) in [7, 11) is 0. The summed E-state index contributed by atoms with van der Waals surface area (Å²) in [6.45, 7) is 5.25. The van der Waals surface area contributed by atoms with Crippen LogP contribution in [-0.4, -0.2) is 42.6 Å². The molecule has 2 saturated heterocycles. The van der Waals surface area contributed by atoms with Crippen LogP contribution >= 0.6 is 0 Å². The standard InChI is InChI=1S/C17H23FN2O2/c1-17(14-5-7-19-8-6-14)12-20(16(21)11-22-17)10-13-3-2-4-15(18)9-13/h2-4,9,14,19H,5-8,10-12H2,1H3. The molecule has 22 heavy (non-hydrogen) atoms. The Morgan fingerprint density at radius 1 is 1.41 bits per heavy atom. The van der Waals surface area contributed by atoms with Gasteiger partial charge in [-0.15, -0.1) is 0 Å². The van der Waals surface area contributed by atoms with E-state index in [9.17, 15) is 9.18 Å². The fourth-order valence-corrected chi connectivity index (χ4v) is 3.51. The van der Waals surface area contributed by atoms with Crippen LogP contribution in [0.15, 0.2) is 24.3 Å². The Morgan fingerprint density at radius 3 is 2.91 bits per heavy atom. The van der Waals surface area contributed by atoms with Crippen molar-refractivity contribution >= 4 is 5.91 Å². The number of hydrogen-bond acceptors (Lipinski definition) is 3. The van der Waals surface area contributed by atoms with E-state index in [0.29, 0.717) is 19.0 Å². The molecule has 0 aromatic heterocycles. The van der Waals surface area contributed by atoms with Crippen molar-refractivity contribution in [3.63, 3.8) is 0 Å². The third-order valence-corrected chi connectivity index (χ3v) is 4.85. The van der Waals surface area contributed by atoms with E-state index < -0.39 is 0 Å². The van der Waals surface area contributed by atoms with Crippen molar-refractivity contribution in [3.8, 4) is 0 Å². The summed E-state index contributed by atoms with van der Waals surface area (Å²) in [5.41, 5.74) is 0.520. The maximum atomic E-state index is 13.3. The van der Waals surface area contributed by atoms with Gasteiger partial charge in [0.05, 0.1) is 12.1 Å². The molecule has 1 aromatic carbocycles. The molecule has 120 valence electrons. The molecule has 0 saturated carbocycles. The van der Waals surface area contributed by atoms with Gasteiger partial charge in [-0.1, -0.05) is 12.1 Å². The second-order valence-electron chi connectivity index (χ2n) is 6.51. The average Bonchev–Trinajstić information content (AvgIpc) is 2.52. The molecule has 1 amide bonds. The highest BCUT2D eigenvalue weighted by Crippen LogP contribution is 2.33. The van der Waals surface area contributed by atoms with E-state index in [1.54, 1.807) is 11.0 Å². The summed E-state index contributed by atoms with van der Waals surface area (Å²) >= 11 is 0. The van der Waals surface area contributed by atoms with Crippen LogP contribution in [0.4, 0.5) is 4.39 Å². The number of nitrogens with one attached hydrogen (secondary N) is 1. The topological polar surface area (TPSA) is 41.6 Å². The number of benzene rings is 1. The summed E-state index contributed by atoms with van der Waals surface area (Å²) < 4.78 is 19.2. The first-order valence-corrected chi connectivity index (χ1v) is 7.94. The number of amides is 1. The molecular weight excluding hydrogens is 283 g/mol. The fraction of sp³-hybridized carbons (Fsp3) is 0.588. The smallest absolute Gasteiger partial charge is 0.248 e. The predicted octanol–water partition coefficient (Wildman–Crippen LogP) is 1.94. The highest BCUT2D eigenvalue weighted by Gasteiger charge is 2.42. The zero-order chi connectivity index (χ0) is 15.6. The lowest BCUT2D eigenvalue weighted by atomic mass is 9.81. The maximum absolute atomic E-state index is 13.3. The first kappa shape index (κ1) is 15.4. The van der Waals surface area contributed by atoms with Gasteiger partial charge >= 0.3 is 0 Å². The summed E-state index contributed by atoms with van der Waals surface area (Å²) in [5, 5.41) is 3.36. The molecule has 1 unspecified atom stereocenters. The van der Waals surface area contributed by atoms with Gasteiger partial charge in [-0.25, -0.2) is 4.39 Å². The van der Waals surface area contributed by atoms with Crippen LogP contribution in [0.2, 0.25) is 0 Å². The number of ether oxygens (including phenoxy) is 1. The zero-order valence-electron chi connectivity index (χ0n) is 13.0. The van der Waals surface area contributed by atoms with Crippen LogP contribution in [-0.2, 0) is 16.1 Å². The Labute approximate surface area is 130 Å². The lowest BCUT2D eigenvalue weighted by Crippen LogP contribution is -2.57. The van der Waals surface area contributed by atoms with Crippen LogP contribution in [0.1, 0.15) is 25.3 Å². The fourth-order valence-electron chi connectivity index (χ4n) is 3.51. The summed E-state index contributed by atoms with van der Waals surface area (Å²) in [6, 6.07) is 6.45. The van der Waals surface area contributed by atoms with Gasteiger partial charge in [0, 0.05) is 6.54 Å². The molecule has 1 aromatic rings. The lowest BCUT2D eigenvalue weighted by molar-refractivity contribution is -0.172. The second kappa shape index (κ2) is 6.34. The van der Waals surface area contributed by atoms with Gasteiger partial charge in [0.25, 0.3) is 0 Å². The molecular formula is C17H23FN2O2. The zero-order valence-corrected chi connectivity index (χ0v) is 13.0. The van der Waals surface area contributed by atoms with Crippen LogP contribution in [0.25, 0.3) is 0 Å². The highest BCUT2D eigenvalue weighted by molar-refractivity contribution is 5.78. The van der Waals surface area contributed by atoms with Gasteiger partial charge in [-0.2, -0.15) is 0 Å². The summed E-state index contributed by atoms with van der Waals surface area (Å²) in [4.78, 5) is 14.0.